The van der Waals surface area contributed by atoms with Gasteiger partial charge in [0.2, 0.25) is 0 Å². The van der Waals surface area contributed by atoms with Gasteiger partial charge in [0.05, 0.1) is 5.56 Å². The normalized spacial score (nSPS) is 15.5. The van der Waals surface area contributed by atoms with Crippen molar-refractivity contribution < 1.29 is 4.42 Å². The Labute approximate surface area is 105 Å². The fourth-order valence-electron chi connectivity index (χ4n) is 2.27. The molecule has 0 unspecified atom stereocenters. The van der Waals surface area contributed by atoms with Crippen LogP contribution in [0.4, 0.5) is 0 Å². The molecule has 1 fully saturated rings. The highest BCUT2D eigenvalue weighted by Gasteiger charge is 2.29. The van der Waals surface area contributed by atoms with E-state index < -0.39 is 0 Å². The molecule has 0 aromatic carbocycles. The summed E-state index contributed by atoms with van der Waals surface area (Å²) in [6.07, 6.45) is 2.38. The van der Waals surface area contributed by atoms with Crippen molar-refractivity contribution in [1.29, 1.82) is 0 Å². The van der Waals surface area contributed by atoms with E-state index in [2.05, 4.69) is 21.7 Å². The minimum atomic E-state index is 0.519. The van der Waals surface area contributed by atoms with Gasteiger partial charge >= 0.3 is 0 Å². The number of hydrogen-bond acceptors (Lipinski definition) is 3. The van der Waals surface area contributed by atoms with Gasteiger partial charge in [-0.05, 0) is 45.8 Å². The molecule has 0 saturated heterocycles. The summed E-state index contributed by atoms with van der Waals surface area (Å²) in [5, 5.41) is 7.26. The molecule has 0 atom stereocenters. The number of aromatic nitrogens is 3. The van der Waals surface area contributed by atoms with Crippen molar-refractivity contribution in [1.82, 2.24) is 14.8 Å². The summed E-state index contributed by atoms with van der Waals surface area (Å²) in [5.41, 5.74) is 2.24. The van der Waals surface area contributed by atoms with E-state index in [1.807, 2.05) is 13.8 Å². The lowest BCUT2D eigenvalue weighted by Gasteiger charge is -2.04. The highest BCUT2D eigenvalue weighted by molar-refractivity contribution is 7.71. The molecule has 4 nitrogen and oxygen atoms in total. The smallest absolute Gasteiger partial charge is 0.195 e. The fraction of sp³-hybridized carbons (Fsp3) is 0.500. The molecule has 0 amide bonds. The Morgan fingerprint density at radius 2 is 2.00 bits per heavy atom. The van der Waals surface area contributed by atoms with Crippen molar-refractivity contribution in [2.45, 2.75) is 39.7 Å². The van der Waals surface area contributed by atoms with E-state index in [9.17, 15) is 0 Å². The van der Waals surface area contributed by atoms with E-state index in [1.54, 1.807) is 0 Å². The highest BCUT2D eigenvalue weighted by Crippen LogP contribution is 2.40. The molecule has 90 valence electrons. The van der Waals surface area contributed by atoms with Crippen molar-refractivity contribution in [3.05, 3.63) is 21.9 Å². The monoisotopic (exact) mass is 249 g/mol. The third-order valence-corrected chi connectivity index (χ3v) is 3.69. The highest BCUT2D eigenvalue weighted by atomic mass is 32.1. The molecule has 2 aromatic rings. The molecule has 1 aliphatic rings. The number of hydrogen-bond donors (Lipinski definition) is 1. The molecule has 1 N–H and O–H groups in total. The number of aromatic amines is 1. The number of aryl methyl sites for hydroxylation is 2. The van der Waals surface area contributed by atoms with E-state index in [-0.39, 0.29) is 0 Å². The number of rotatable bonds is 2. The van der Waals surface area contributed by atoms with Crippen LogP contribution in [0.2, 0.25) is 0 Å². The molecule has 17 heavy (non-hydrogen) atoms. The van der Waals surface area contributed by atoms with Crippen LogP contribution in [0.1, 0.15) is 36.0 Å². The van der Waals surface area contributed by atoms with Gasteiger partial charge < -0.3 is 4.42 Å². The summed E-state index contributed by atoms with van der Waals surface area (Å²) in [6, 6.07) is 0.519. The molecule has 0 bridgehead atoms. The number of nitrogens with zero attached hydrogens (tertiary/aromatic N) is 2. The summed E-state index contributed by atoms with van der Waals surface area (Å²) in [6.45, 7) is 6.02. The van der Waals surface area contributed by atoms with Gasteiger partial charge in [0, 0.05) is 11.6 Å². The van der Waals surface area contributed by atoms with Crippen molar-refractivity contribution in [2.75, 3.05) is 0 Å². The maximum atomic E-state index is 5.66. The van der Waals surface area contributed by atoms with Crippen molar-refractivity contribution in [2.24, 2.45) is 0 Å². The molecule has 0 radical (unpaired) electrons. The lowest BCUT2D eigenvalue weighted by molar-refractivity contribution is 0.503. The van der Waals surface area contributed by atoms with E-state index in [4.69, 9.17) is 16.6 Å². The van der Waals surface area contributed by atoms with Crippen LogP contribution in [0.3, 0.4) is 0 Å². The average molecular weight is 249 g/mol. The van der Waals surface area contributed by atoms with Crippen LogP contribution in [0.5, 0.6) is 0 Å². The first-order valence-corrected chi connectivity index (χ1v) is 6.24. The van der Waals surface area contributed by atoms with Crippen LogP contribution in [0.15, 0.2) is 4.42 Å². The van der Waals surface area contributed by atoms with Gasteiger partial charge in [-0.2, -0.15) is 5.10 Å². The number of H-pyrrole nitrogens is 1. The lowest BCUT2D eigenvalue weighted by atomic mass is 10.1. The van der Waals surface area contributed by atoms with Crippen molar-refractivity contribution in [3.8, 4) is 11.4 Å². The Bertz CT molecular complexity index is 631. The lowest BCUT2D eigenvalue weighted by Crippen LogP contribution is -1.98. The molecule has 0 spiro atoms. The van der Waals surface area contributed by atoms with Gasteiger partial charge in [0.25, 0.3) is 0 Å². The second kappa shape index (κ2) is 3.57. The van der Waals surface area contributed by atoms with Crippen LogP contribution in [0.25, 0.3) is 11.4 Å². The quantitative estimate of drug-likeness (QED) is 0.829. The fourth-order valence-corrected chi connectivity index (χ4v) is 2.56. The third kappa shape index (κ3) is 1.57. The molecule has 3 rings (SSSR count). The van der Waals surface area contributed by atoms with Crippen molar-refractivity contribution in [3.63, 3.8) is 0 Å². The van der Waals surface area contributed by atoms with Gasteiger partial charge in [-0.15, -0.1) is 0 Å². The summed E-state index contributed by atoms with van der Waals surface area (Å²) >= 11 is 5.30. The second-order valence-electron chi connectivity index (χ2n) is 4.67. The van der Waals surface area contributed by atoms with Crippen LogP contribution in [-0.4, -0.2) is 14.8 Å². The topological polar surface area (TPSA) is 46.8 Å². The SMILES string of the molecule is Cc1oc(C)c(-c2n[nH]c(=S)n2C2CC2)c1C. The van der Waals surface area contributed by atoms with Gasteiger partial charge in [-0.1, -0.05) is 0 Å². The zero-order valence-corrected chi connectivity index (χ0v) is 11.0. The summed E-state index contributed by atoms with van der Waals surface area (Å²) in [7, 11) is 0. The predicted molar refractivity (Wildman–Crippen MR) is 67.6 cm³/mol. The molecule has 1 aliphatic carbocycles. The van der Waals surface area contributed by atoms with Gasteiger partial charge in [-0.3, -0.25) is 9.67 Å². The number of furan rings is 1. The first kappa shape index (κ1) is 10.8. The summed E-state index contributed by atoms with van der Waals surface area (Å²) in [5.74, 6) is 2.79. The van der Waals surface area contributed by atoms with Gasteiger partial charge in [0.1, 0.15) is 11.5 Å². The number of nitrogens with one attached hydrogen (secondary N) is 1. The van der Waals surface area contributed by atoms with E-state index >= 15 is 0 Å². The molecule has 0 aliphatic heterocycles. The molecule has 2 heterocycles. The van der Waals surface area contributed by atoms with Crippen LogP contribution >= 0.6 is 12.2 Å². The minimum Gasteiger partial charge on any atom is -0.466 e. The standard InChI is InChI=1S/C12H15N3OS/c1-6-7(2)16-8(3)10(6)11-13-14-12(17)15(11)9-4-5-9/h9H,4-5H2,1-3H3,(H,14,17). The Hall–Kier alpha value is -1.36. The molecular weight excluding hydrogens is 234 g/mol. The first-order valence-electron chi connectivity index (χ1n) is 5.83. The zero-order valence-electron chi connectivity index (χ0n) is 10.2. The van der Waals surface area contributed by atoms with Crippen LogP contribution < -0.4 is 0 Å². The van der Waals surface area contributed by atoms with Crippen molar-refractivity contribution >= 4 is 12.2 Å². The Morgan fingerprint density at radius 1 is 1.29 bits per heavy atom. The maximum Gasteiger partial charge on any atom is 0.195 e. The third-order valence-electron chi connectivity index (χ3n) is 3.40. The van der Waals surface area contributed by atoms with Gasteiger partial charge in [-0.25, -0.2) is 0 Å². The largest absolute Gasteiger partial charge is 0.466 e. The Morgan fingerprint density at radius 3 is 2.53 bits per heavy atom. The molecule has 2 aromatic heterocycles. The van der Waals surface area contributed by atoms with Crippen LogP contribution in [-0.2, 0) is 0 Å². The second-order valence-corrected chi connectivity index (χ2v) is 5.05. The van der Waals surface area contributed by atoms with E-state index in [0.717, 1.165) is 28.5 Å². The van der Waals surface area contributed by atoms with E-state index in [0.29, 0.717) is 10.8 Å². The van der Waals surface area contributed by atoms with Gasteiger partial charge in [0.15, 0.2) is 10.6 Å². The maximum absolute atomic E-state index is 5.66. The minimum absolute atomic E-state index is 0.519. The Balaban J connectivity index is 2.25. The zero-order chi connectivity index (χ0) is 12.2. The molecular formula is C12H15N3OS. The molecule has 5 heteroatoms. The molecule has 1 saturated carbocycles. The average Bonchev–Trinajstić information content (AvgIpc) is 2.99. The first-order chi connectivity index (χ1) is 8.09. The van der Waals surface area contributed by atoms with E-state index in [1.165, 1.54) is 12.8 Å². The summed E-state index contributed by atoms with van der Waals surface area (Å²) < 4.78 is 8.50. The summed E-state index contributed by atoms with van der Waals surface area (Å²) in [4.78, 5) is 0. The van der Waals surface area contributed by atoms with Crippen LogP contribution in [0, 0.1) is 25.5 Å². The Kier molecular flexibility index (Phi) is 2.26. The predicted octanol–water partition coefficient (Wildman–Crippen LogP) is 3.46.